The molecule has 12 heteroatoms. The second-order valence-corrected chi connectivity index (χ2v) is 8.29. The maximum absolute atomic E-state index is 13.1. The number of aromatic nitrogens is 3. The summed E-state index contributed by atoms with van der Waals surface area (Å²) in [4.78, 5) is 27.6. The Labute approximate surface area is 213 Å². The van der Waals surface area contributed by atoms with Crippen LogP contribution in [0.2, 0.25) is 0 Å². The number of carbonyl (C=O) groups excluding carboxylic acids is 1. The number of methoxy groups -OCH3 is 1. The SMILES string of the molecule is CN1CCCC1.CNc1nccc(CNc2ncccc2C(=O)Nc2cc(OC)cc(C(F)(F)F)c2)n1. The van der Waals surface area contributed by atoms with E-state index in [9.17, 15) is 18.0 Å². The van der Waals surface area contributed by atoms with Gasteiger partial charge in [-0.2, -0.15) is 13.2 Å². The van der Waals surface area contributed by atoms with Crippen LogP contribution in [-0.4, -0.2) is 60.1 Å². The normalized spacial score (nSPS) is 13.4. The summed E-state index contributed by atoms with van der Waals surface area (Å²) in [5.41, 5.74) is -0.183. The Hall–Kier alpha value is -3.93. The molecular formula is C25H30F3N7O2. The number of pyridine rings is 1. The number of anilines is 3. The van der Waals surface area contributed by atoms with E-state index in [1.807, 2.05) is 0 Å². The average molecular weight is 518 g/mol. The van der Waals surface area contributed by atoms with Crippen molar-refractivity contribution >= 4 is 23.4 Å². The molecule has 3 N–H and O–H groups in total. The van der Waals surface area contributed by atoms with Gasteiger partial charge in [-0.15, -0.1) is 0 Å². The number of hydrogen-bond acceptors (Lipinski definition) is 8. The standard InChI is InChI=1S/C20H19F3N6O2.C5H11N/c1-24-19-26-7-5-13(29-19)11-27-17-16(4-3-6-25-17)18(30)28-14-8-12(20(21,22)23)9-15(10-14)31-2;1-6-4-2-3-5-6/h3-10H,11H2,1-2H3,(H,25,27)(H,28,30)(H,24,26,29);2-5H2,1H3. The first-order valence-electron chi connectivity index (χ1n) is 11.6. The molecule has 1 amide bonds. The van der Waals surface area contributed by atoms with E-state index in [0.717, 1.165) is 12.1 Å². The first-order valence-corrected chi connectivity index (χ1v) is 11.6. The van der Waals surface area contributed by atoms with Crippen LogP contribution in [0.25, 0.3) is 0 Å². The lowest BCUT2D eigenvalue weighted by Crippen LogP contribution is -2.17. The van der Waals surface area contributed by atoms with Gasteiger partial charge >= 0.3 is 6.18 Å². The Morgan fingerprint density at radius 2 is 1.86 bits per heavy atom. The van der Waals surface area contributed by atoms with Crippen molar-refractivity contribution in [2.24, 2.45) is 0 Å². The Kier molecular flexibility index (Phi) is 9.61. The Bertz CT molecular complexity index is 1180. The number of halogens is 3. The topological polar surface area (TPSA) is 104 Å². The van der Waals surface area contributed by atoms with E-state index in [0.29, 0.717) is 11.6 Å². The summed E-state index contributed by atoms with van der Waals surface area (Å²) >= 11 is 0. The summed E-state index contributed by atoms with van der Waals surface area (Å²) in [6.45, 7) is 2.89. The molecule has 1 aliphatic rings. The van der Waals surface area contributed by atoms with Gasteiger partial charge in [-0.25, -0.2) is 15.0 Å². The van der Waals surface area contributed by atoms with Gasteiger partial charge < -0.3 is 25.6 Å². The first-order chi connectivity index (χ1) is 17.7. The van der Waals surface area contributed by atoms with Crippen LogP contribution >= 0.6 is 0 Å². The van der Waals surface area contributed by atoms with Crippen molar-refractivity contribution < 1.29 is 22.7 Å². The number of alkyl halides is 3. The molecule has 1 saturated heterocycles. The summed E-state index contributed by atoms with van der Waals surface area (Å²) < 4.78 is 44.3. The third-order valence-electron chi connectivity index (χ3n) is 5.48. The molecule has 0 bridgehead atoms. The molecule has 1 aromatic carbocycles. The van der Waals surface area contributed by atoms with E-state index in [4.69, 9.17) is 4.74 Å². The minimum atomic E-state index is -4.58. The fourth-order valence-corrected chi connectivity index (χ4v) is 3.55. The van der Waals surface area contributed by atoms with Crippen LogP contribution in [-0.2, 0) is 12.7 Å². The maximum Gasteiger partial charge on any atom is 0.416 e. The fraction of sp³-hybridized carbons (Fsp3) is 0.360. The van der Waals surface area contributed by atoms with E-state index in [2.05, 4.69) is 42.8 Å². The van der Waals surface area contributed by atoms with Gasteiger partial charge in [0, 0.05) is 31.2 Å². The monoisotopic (exact) mass is 517 g/mol. The molecule has 0 atom stereocenters. The van der Waals surface area contributed by atoms with Gasteiger partial charge in [0.2, 0.25) is 5.95 Å². The molecule has 198 valence electrons. The van der Waals surface area contributed by atoms with Crippen LogP contribution in [0.1, 0.15) is 34.5 Å². The van der Waals surface area contributed by atoms with Gasteiger partial charge in [-0.05, 0) is 63.3 Å². The fourth-order valence-electron chi connectivity index (χ4n) is 3.55. The van der Waals surface area contributed by atoms with Crippen molar-refractivity contribution in [2.75, 3.05) is 50.2 Å². The molecule has 3 aromatic rings. The van der Waals surface area contributed by atoms with Crippen molar-refractivity contribution in [3.05, 3.63) is 65.6 Å². The van der Waals surface area contributed by atoms with Gasteiger partial charge in [0.05, 0.1) is 30.5 Å². The summed E-state index contributed by atoms with van der Waals surface area (Å²) in [6.07, 6.45) is 1.32. The summed E-state index contributed by atoms with van der Waals surface area (Å²) in [7, 11) is 5.11. The van der Waals surface area contributed by atoms with E-state index in [1.165, 1.54) is 51.4 Å². The molecule has 37 heavy (non-hydrogen) atoms. The molecule has 9 nitrogen and oxygen atoms in total. The summed E-state index contributed by atoms with van der Waals surface area (Å²) in [6, 6.07) is 7.76. The highest BCUT2D eigenvalue weighted by Crippen LogP contribution is 2.34. The van der Waals surface area contributed by atoms with Crippen molar-refractivity contribution in [1.82, 2.24) is 19.9 Å². The first kappa shape index (κ1) is 27.7. The third-order valence-corrected chi connectivity index (χ3v) is 5.48. The molecule has 0 saturated carbocycles. The Morgan fingerprint density at radius 3 is 2.49 bits per heavy atom. The van der Waals surface area contributed by atoms with Crippen LogP contribution in [0.15, 0.2) is 48.8 Å². The molecule has 0 radical (unpaired) electrons. The number of nitrogens with one attached hydrogen (secondary N) is 3. The number of nitrogens with zero attached hydrogens (tertiary/aromatic N) is 4. The molecule has 0 unspecified atom stereocenters. The van der Waals surface area contributed by atoms with Crippen LogP contribution in [0.3, 0.4) is 0 Å². The average Bonchev–Trinajstić information content (AvgIpc) is 3.38. The van der Waals surface area contributed by atoms with Crippen LogP contribution in [0.5, 0.6) is 5.75 Å². The van der Waals surface area contributed by atoms with E-state index >= 15 is 0 Å². The molecule has 1 fully saturated rings. The quantitative estimate of drug-likeness (QED) is 0.420. The molecule has 0 aliphatic carbocycles. The van der Waals surface area contributed by atoms with Crippen LogP contribution in [0, 0.1) is 0 Å². The summed E-state index contributed by atoms with van der Waals surface area (Å²) in [5.74, 6) is 0.0367. The maximum atomic E-state index is 13.1. The van der Waals surface area contributed by atoms with Gasteiger partial charge in [0.1, 0.15) is 11.6 Å². The minimum absolute atomic E-state index is 0.0289. The number of ether oxygens (including phenoxy) is 1. The van der Waals surface area contributed by atoms with Crippen molar-refractivity contribution in [3.8, 4) is 5.75 Å². The number of amides is 1. The largest absolute Gasteiger partial charge is 0.497 e. The second-order valence-electron chi connectivity index (χ2n) is 8.29. The third kappa shape index (κ3) is 8.31. The Balaban J connectivity index is 0.000000555. The molecular weight excluding hydrogens is 487 g/mol. The molecule has 1 aliphatic heterocycles. The number of likely N-dealkylation sites (tertiary alicyclic amines) is 1. The number of benzene rings is 1. The van der Waals surface area contributed by atoms with Crippen molar-refractivity contribution in [2.45, 2.75) is 25.6 Å². The van der Waals surface area contributed by atoms with Crippen LogP contribution < -0.4 is 20.7 Å². The molecule has 3 heterocycles. The van der Waals surface area contributed by atoms with Crippen LogP contribution in [0.4, 0.5) is 30.6 Å². The second kappa shape index (κ2) is 12.9. The van der Waals surface area contributed by atoms with Gasteiger partial charge in [-0.1, -0.05) is 0 Å². The molecule has 0 spiro atoms. The Morgan fingerprint density at radius 1 is 1.11 bits per heavy atom. The molecule has 4 rings (SSSR count). The number of carbonyl (C=O) groups is 1. The highest BCUT2D eigenvalue weighted by atomic mass is 19.4. The minimum Gasteiger partial charge on any atom is -0.497 e. The molecule has 2 aromatic heterocycles. The van der Waals surface area contributed by atoms with Crippen molar-refractivity contribution in [1.29, 1.82) is 0 Å². The highest BCUT2D eigenvalue weighted by Gasteiger charge is 2.31. The lowest BCUT2D eigenvalue weighted by atomic mass is 10.1. The van der Waals surface area contributed by atoms with E-state index in [-0.39, 0.29) is 29.4 Å². The van der Waals surface area contributed by atoms with Gasteiger partial charge in [0.25, 0.3) is 5.91 Å². The zero-order chi connectivity index (χ0) is 26.8. The predicted molar refractivity (Wildman–Crippen MR) is 136 cm³/mol. The number of hydrogen-bond donors (Lipinski definition) is 3. The zero-order valence-corrected chi connectivity index (χ0v) is 20.9. The number of rotatable bonds is 7. The zero-order valence-electron chi connectivity index (χ0n) is 20.9. The lowest BCUT2D eigenvalue weighted by molar-refractivity contribution is -0.137. The highest BCUT2D eigenvalue weighted by molar-refractivity contribution is 6.07. The smallest absolute Gasteiger partial charge is 0.416 e. The summed E-state index contributed by atoms with van der Waals surface area (Å²) in [5, 5.41) is 8.31. The van der Waals surface area contributed by atoms with E-state index < -0.39 is 17.6 Å². The van der Waals surface area contributed by atoms with Crippen molar-refractivity contribution in [3.63, 3.8) is 0 Å². The van der Waals surface area contributed by atoms with Gasteiger partial charge in [0.15, 0.2) is 0 Å². The predicted octanol–water partition coefficient (Wildman–Crippen LogP) is 4.52. The van der Waals surface area contributed by atoms with Gasteiger partial charge in [-0.3, -0.25) is 4.79 Å². The lowest BCUT2D eigenvalue weighted by Gasteiger charge is -2.14. The van der Waals surface area contributed by atoms with E-state index in [1.54, 1.807) is 25.4 Å².